The van der Waals surface area contributed by atoms with E-state index in [4.69, 9.17) is 10.2 Å². The molecule has 0 spiro atoms. The van der Waals surface area contributed by atoms with E-state index in [1.165, 1.54) is 0 Å². The molecule has 2 unspecified atom stereocenters. The Morgan fingerprint density at radius 2 is 1.83 bits per heavy atom. The lowest BCUT2D eigenvalue weighted by Gasteiger charge is -2.38. The number of piperidine rings is 1. The molecule has 0 saturated carbocycles. The lowest BCUT2D eigenvalue weighted by Crippen LogP contribution is -2.45. The van der Waals surface area contributed by atoms with Crippen LogP contribution in [-0.2, 0) is 14.8 Å². The predicted molar refractivity (Wildman–Crippen MR) is 66.5 cm³/mol. The van der Waals surface area contributed by atoms with E-state index in [9.17, 15) is 13.2 Å². The molecule has 2 aliphatic rings. The number of carbonyl (C=O) groups is 1. The van der Waals surface area contributed by atoms with Crippen molar-refractivity contribution in [3.05, 3.63) is 0 Å². The molecule has 0 amide bonds. The lowest BCUT2D eigenvalue weighted by molar-refractivity contribution is -0.138. The number of primary sulfonamides is 1. The summed E-state index contributed by atoms with van der Waals surface area (Å²) >= 11 is 0. The first-order valence-electron chi connectivity index (χ1n) is 6.33. The normalized spacial score (nSPS) is 32.6. The summed E-state index contributed by atoms with van der Waals surface area (Å²) in [6.45, 7) is 0.480. The number of hydrogen-bond acceptors (Lipinski definition) is 4. The molecule has 2 aliphatic heterocycles. The second-order valence-electron chi connectivity index (χ2n) is 5.43. The molecule has 2 rings (SSSR count). The largest absolute Gasteiger partial charge is 0.481 e. The molecule has 0 radical (unpaired) electrons. The van der Waals surface area contributed by atoms with Crippen LogP contribution in [0.4, 0.5) is 0 Å². The summed E-state index contributed by atoms with van der Waals surface area (Å²) in [5.74, 6) is -0.507. The van der Waals surface area contributed by atoms with Gasteiger partial charge in [-0.1, -0.05) is 0 Å². The van der Waals surface area contributed by atoms with Crippen LogP contribution in [0.15, 0.2) is 0 Å². The standard InChI is InChI=1S/C11H20N2O4S/c12-18(16,17)4-3-13-9-1-2-10(13)6-8(5-9)7-11(14)15/h8-10H,1-7H2,(H,14,15)(H2,12,16,17). The Balaban J connectivity index is 1.91. The van der Waals surface area contributed by atoms with Gasteiger partial charge in [0, 0.05) is 25.0 Å². The Morgan fingerprint density at radius 3 is 2.28 bits per heavy atom. The third kappa shape index (κ3) is 3.43. The zero-order valence-electron chi connectivity index (χ0n) is 10.3. The summed E-state index contributed by atoms with van der Waals surface area (Å²) in [4.78, 5) is 12.9. The smallest absolute Gasteiger partial charge is 0.303 e. The van der Waals surface area contributed by atoms with Crippen molar-refractivity contribution >= 4 is 16.0 Å². The minimum atomic E-state index is -3.41. The summed E-state index contributed by atoms with van der Waals surface area (Å²) < 4.78 is 22.0. The van der Waals surface area contributed by atoms with Crippen molar-refractivity contribution in [2.75, 3.05) is 12.3 Å². The number of sulfonamides is 1. The number of fused-ring (bicyclic) bond motifs is 2. The van der Waals surface area contributed by atoms with Gasteiger partial charge in [-0.05, 0) is 31.6 Å². The second-order valence-corrected chi connectivity index (χ2v) is 7.16. The average Bonchev–Trinajstić information content (AvgIpc) is 2.44. The highest BCUT2D eigenvalue weighted by atomic mass is 32.2. The van der Waals surface area contributed by atoms with E-state index in [-0.39, 0.29) is 18.1 Å². The maximum atomic E-state index is 11.0. The van der Waals surface area contributed by atoms with Gasteiger partial charge in [-0.25, -0.2) is 13.6 Å². The summed E-state index contributed by atoms with van der Waals surface area (Å²) in [6, 6.07) is 0.685. The van der Waals surface area contributed by atoms with E-state index in [1.807, 2.05) is 0 Å². The number of aliphatic carboxylic acids is 1. The van der Waals surface area contributed by atoms with E-state index >= 15 is 0 Å². The number of carboxylic acids is 1. The Labute approximate surface area is 107 Å². The third-order valence-electron chi connectivity index (χ3n) is 4.08. The van der Waals surface area contributed by atoms with E-state index in [1.54, 1.807) is 0 Å². The molecule has 2 saturated heterocycles. The SMILES string of the molecule is NS(=O)(=O)CCN1C2CCC1CC(CC(=O)O)C2. The van der Waals surface area contributed by atoms with Crippen molar-refractivity contribution in [1.29, 1.82) is 0 Å². The Bertz CT molecular complexity index is 409. The van der Waals surface area contributed by atoms with Gasteiger partial charge in [0.1, 0.15) is 0 Å². The number of nitrogens with two attached hydrogens (primary N) is 1. The van der Waals surface area contributed by atoms with Gasteiger partial charge >= 0.3 is 5.97 Å². The first-order valence-corrected chi connectivity index (χ1v) is 8.04. The fourth-order valence-electron chi connectivity index (χ4n) is 3.40. The number of hydrogen-bond donors (Lipinski definition) is 2. The fourth-order valence-corrected chi connectivity index (χ4v) is 3.86. The van der Waals surface area contributed by atoms with Crippen LogP contribution < -0.4 is 5.14 Å². The van der Waals surface area contributed by atoms with Crippen LogP contribution in [0.3, 0.4) is 0 Å². The van der Waals surface area contributed by atoms with Crippen LogP contribution in [0, 0.1) is 5.92 Å². The zero-order chi connectivity index (χ0) is 13.3. The minimum Gasteiger partial charge on any atom is -0.481 e. The molecule has 2 fully saturated rings. The highest BCUT2D eigenvalue weighted by Crippen LogP contribution is 2.39. The first kappa shape index (κ1) is 13.8. The molecule has 3 N–H and O–H groups in total. The highest BCUT2D eigenvalue weighted by molar-refractivity contribution is 7.89. The van der Waals surface area contributed by atoms with Crippen LogP contribution in [0.5, 0.6) is 0 Å². The zero-order valence-corrected chi connectivity index (χ0v) is 11.1. The van der Waals surface area contributed by atoms with Gasteiger partial charge < -0.3 is 5.11 Å². The average molecular weight is 276 g/mol. The summed E-state index contributed by atoms with van der Waals surface area (Å²) in [6.07, 6.45) is 4.06. The van der Waals surface area contributed by atoms with Crippen LogP contribution >= 0.6 is 0 Å². The molecular weight excluding hydrogens is 256 g/mol. The molecule has 0 aliphatic carbocycles. The molecule has 0 aromatic rings. The summed E-state index contributed by atoms with van der Waals surface area (Å²) in [5.41, 5.74) is 0. The van der Waals surface area contributed by atoms with Crippen molar-refractivity contribution in [3.8, 4) is 0 Å². The Hall–Kier alpha value is -0.660. The van der Waals surface area contributed by atoms with Crippen LogP contribution in [0.1, 0.15) is 32.1 Å². The molecular formula is C11H20N2O4S. The van der Waals surface area contributed by atoms with Gasteiger partial charge in [-0.2, -0.15) is 0 Å². The Morgan fingerprint density at radius 1 is 1.28 bits per heavy atom. The van der Waals surface area contributed by atoms with Gasteiger partial charge in [0.25, 0.3) is 0 Å². The van der Waals surface area contributed by atoms with Crippen molar-refractivity contribution in [3.63, 3.8) is 0 Å². The Kier molecular flexibility index (Phi) is 3.93. The van der Waals surface area contributed by atoms with Crippen molar-refractivity contribution in [1.82, 2.24) is 4.90 Å². The van der Waals surface area contributed by atoms with E-state index in [2.05, 4.69) is 4.90 Å². The third-order valence-corrected chi connectivity index (χ3v) is 4.83. The van der Waals surface area contributed by atoms with Crippen molar-refractivity contribution in [2.45, 2.75) is 44.2 Å². The van der Waals surface area contributed by atoms with E-state index < -0.39 is 16.0 Å². The topological polar surface area (TPSA) is 101 Å². The van der Waals surface area contributed by atoms with Crippen LogP contribution in [0.25, 0.3) is 0 Å². The molecule has 2 atom stereocenters. The summed E-state index contributed by atoms with van der Waals surface area (Å²) in [7, 11) is -3.41. The van der Waals surface area contributed by atoms with Crippen molar-refractivity contribution in [2.24, 2.45) is 11.1 Å². The molecule has 0 aromatic carbocycles. The van der Waals surface area contributed by atoms with E-state index in [0.717, 1.165) is 25.7 Å². The van der Waals surface area contributed by atoms with Gasteiger partial charge in [-0.15, -0.1) is 0 Å². The van der Waals surface area contributed by atoms with Gasteiger partial charge in [-0.3, -0.25) is 9.69 Å². The number of rotatable bonds is 5. The maximum Gasteiger partial charge on any atom is 0.303 e. The number of nitrogens with zero attached hydrogens (tertiary/aromatic N) is 1. The molecule has 2 heterocycles. The van der Waals surface area contributed by atoms with Crippen LogP contribution in [0.2, 0.25) is 0 Å². The van der Waals surface area contributed by atoms with Crippen LogP contribution in [-0.4, -0.2) is 48.8 Å². The fraction of sp³-hybridized carbons (Fsp3) is 0.909. The molecule has 104 valence electrons. The highest BCUT2D eigenvalue weighted by Gasteiger charge is 2.40. The monoisotopic (exact) mass is 276 g/mol. The maximum absolute atomic E-state index is 11.0. The van der Waals surface area contributed by atoms with Gasteiger partial charge in [0.2, 0.25) is 10.0 Å². The molecule has 0 aromatic heterocycles. The van der Waals surface area contributed by atoms with Gasteiger partial charge in [0.15, 0.2) is 0 Å². The quantitative estimate of drug-likeness (QED) is 0.735. The second kappa shape index (κ2) is 5.14. The van der Waals surface area contributed by atoms with E-state index in [0.29, 0.717) is 18.6 Å². The minimum absolute atomic E-state index is 0.0103. The molecule has 6 nitrogen and oxygen atoms in total. The lowest BCUT2D eigenvalue weighted by atomic mass is 9.88. The molecule has 7 heteroatoms. The number of carboxylic acid groups (broad SMARTS) is 1. The molecule has 18 heavy (non-hydrogen) atoms. The van der Waals surface area contributed by atoms with Gasteiger partial charge in [0.05, 0.1) is 5.75 Å². The molecule has 2 bridgehead atoms. The predicted octanol–water partition coefficient (Wildman–Crippen LogP) is -0.00740. The van der Waals surface area contributed by atoms with Crippen molar-refractivity contribution < 1.29 is 18.3 Å². The summed E-state index contributed by atoms with van der Waals surface area (Å²) in [5, 5.41) is 13.9. The first-order chi connectivity index (χ1) is 8.35.